The number of rotatable bonds is 4. The highest BCUT2D eigenvalue weighted by Gasteiger charge is 2.30. The van der Waals surface area contributed by atoms with E-state index >= 15 is 0 Å². The van der Waals surface area contributed by atoms with Gasteiger partial charge in [-0.05, 0) is 50.8 Å². The van der Waals surface area contributed by atoms with E-state index in [0.717, 1.165) is 42.7 Å². The van der Waals surface area contributed by atoms with Crippen LogP contribution in [0.1, 0.15) is 37.4 Å². The molecule has 3 heterocycles. The number of likely N-dealkylation sites (N-methyl/N-ethyl adjacent to an activating group) is 1. The molecule has 2 aliphatic rings. The first kappa shape index (κ1) is 21.7. The number of para-hydroxylation sites is 1. The number of hydrogen-bond acceptors (Lipinski definition) is 7. The summed E-state index contributed by atoms with van der Waals surface area (Å²) in [4.78, 5) is 13.8. The van der Waals surface area contributed by atoms with Crippen LogP contribution in [0.5, 0.6) is 5.75 Å². The van der Waals surface area contributed by atoms with E-state index in [1.54, 1.807) is 0 Å². The van der Waals surface area contributed by atoms with Crippen molar-refractivity contribution < 1.29 is 4.74 Å². The Bertz CT molecular complexity index is 1130. The summed E-state index contributed by atoms with van der Waals surface area (Å²) in [5.74, 6) is 7.43. The number of nitrogens with zero attached hydrogens (tertiary/aromatic N) is 6. The van der Waals surface area contributed by atoms with E-state index in [0.29, 0.717) is 23.6 Å². The second kappa shape index (κ2) is 9.77. The Hall–Kier alpha value is -3.15. The average Bonchev–Trinajstić information content (AvgIpc) is 3.23. The second-order valence-electron chi connectivity index (χ2n) is 8.96. The molecule has 1 saturated heterocycles. The molecule has 8 heteroatoms. The Morgan fingerprint density at radius 1 is 1.00 bits per heavy atom. The molecule has 0 atom stereocenters. The Morgan fingerprint density at radius 3 is 2.48 bits per heavy atom. The minimum atomic E-state index is 0.280. The molecule has 0 amide bonds. The minimum Gasteiger partial charge on any atom is -0.481 e. The zero-order valence-corrected chi connectivity index (χ0v) is 19.2. The molecule has 2 fully saturated rings. The third-order valence-corrected chi connectivity index (χ3v) is 6.85. The zero-order chi connectivity index (χ0) is 22.6. The molecule has 0 radical (unpaired) electrons. The summed E-state index contributed by atoms with van der Waals surface area (Å²) in [6.07, 6.45) is 6.05. The fourth-order valence-corrected chi connectivity index (χ4v) is 4.95. The molecule has 1 aliphatic carbocycles. The van der Waals surface area contributed by atoms with Crippen LogP contribution in [-0.2, 0) is 0 Å². The lowest BCUT2D eigenvalue weighted by molar-refractivity contribution is 0.0815. The monoisotopic (exact) mass is 445 g/mol. The number of nitrogen functional groups attached to an aromatic ring is 1. The van der Waals surface area contributed by atoms with Crippen LogP contribution in [0.15, 0.2) is 36.7 Å². The van der Waals surface area contributed by atoms with Gasteiger partial charge in [0.05, 0.1) is 11.4 Å². The second-order valence-corrected chi connectivity index (χ2v) is 8.96. The van der Waals surface area contributed by atoms with Gasteiger partial charge in [-0.2, -0.15) is 5.10 Å². The van der Waals surface area contributed by atoms with Gasteiger partial charge < -0.3 is 15.4 Å². The van der Waals surface area contributed by atoms with Crippen molar-refractivity contribution in [3.8, 4) is 17.6 Å². The topological polar surface area (TPSA) is 85.3 Å². The molecule has 1 aromatic carbocycles. The molecular weight excluding hydrogens is 414 g/mol. The minimum absolute atomic E-state index is 0.280. The van der Waals surface area contributed by atoms with Gasteiger partial charge >= 0.3 is 0 Å². The van der Waals surface area contributed by atoms with Gasteiger partial charge in [0.2, 0.25) is 0 Å². The summed E-state index contributed by atoms with van der Waals surface area (Å²) in [6.45, 7) is 4.95. The molecule has 1 saturated carbocycles. The van der Waals surface area contributed by atoms with Crippen LogP contribution < -0.4 is 10.5 Å². The van der Waals surface area contributed by atoms with Crippen LogP contribution in [0, 0.1) is 11.8 Å². The maximum Gasteiger partial charge on any atom is 0.164 e. The van der Waals surface area contributed by atoms with Crippen LogP contribution in [0.2, 0.25) is 0 Å². The third-order valence-electron chi connectivity index (χ3n) is 6.85. The summed E-state index contributed by atoms with van der Waals surface area (Å²) >= 11 is 0. The maximum absolute atomic E-state index is 6.21. The zero-order valence-electron chi connectivity index (χ0n) is 19.2. The van der Waals surface area contributed by atoms with Crippen molar-refractivity contribution in [1.82, 2.24) is 29.5 Å². The summed E-state index contributed by atoms with van der Waals surface area (Å²) in [5.41, 5.74) is 7.61. The number of ether oxygens (including phenoxy) is 1. The van der Waals surface area contributed by atoms with Gasteiger partial charge in [-0.15, -0.1) is 0 Å². The van der Waals surface area contributed by atoms with Crippen molar-refractivity contribution in [2.75, 3.05) is 45.6 Å². The fourth-order valence-electron chi connectivity index (χ4n) is 4.95. The molecule has 3 aromatic rings. The highest BCUT2D eigenvalue weighted by atomic mass is 16.5. The molecule has 0 bridgehead atoms. The number of piperazine rings is 1. The molecule has 2 aromatic heterocycles. The van der Waals surface area contributed by atoms with Crippen LogP contribution >= 0.6 is 0 Å². The Kier molecular flexibility index (Phi) is 6.42. The van der Waals surface area contributed by atoms with Crippen LogP contribution in [0.25, 0.3) is 11.0 Å². The van der Waals surface area contributed by atoms with Gasteiger partial charge in [-0.1, -0.05) is 24.1 Å². The van der Waals surface area contributed by atoms with Crippen molar-refractivity contribution in [2.45, 2.75) is 37.8 Å². The number of benzene rings is 1. The van der Waals surface area contributed by atoms with Crippen molar-refractivity contribution in [2.24, 2.45) is 0 Å². The maximum atomic E-state index is 6.21. The predicted octanol–water partition coefficient (Wildman–Crippen LogP) is 2.57. The summed E-state index contributed by atoms with van der Waals surface area (Å²) in [6, 6.07) is 10.6. The molecule has 0 spiro atoms. The lowest BCUT2D eigenvalue weighted by Gasteiger charge is -2.41. The Balaban J connectivity index is 1.30. The Labute approximate surface area is 194 Å². The van der Waals surface area contributed by atoms with Crippen LogP contribution in [-0.4, -0.2) is 75.4 Å². The molecule has 1 aliphatic heterocycles. The molecule has 5 rings (SSSR count). The van der Waals surface area contributed by atoms with Crippen LogP contribution in [0.4, 0.5) is 5.82 Å². The highest BCUT2D eigenvalue weighted by molar-refractivity contribution is 5.90. The molecule has 172 valence electrons. The summed E-state index contributed by atoms with van der Waals surface area (Å²) < 4.78 is 7.73. The van der Waals surface area contributed by atoms with Gasteiger partial charge in [-0.3, -0.25) is 4.90 Å². The van der Waals surface area contributed by atoms with E-state index in [1.807, 2.05) is 35.0 Å². The first-order chi connectivity index (χ1) is 16.2. The molecule has 33 heavy (non-hydrogen) atoms. The fraction of sp³-hybridized carbons (Fsp3) is 0.480. The number of nitrogens with two attached hydrogens (primary N) is 1. The van der Waals surface area contributed by atoms with Crippen LogP contribution in [0.3, 0.4) is 0 Å². The largest absolute Gasteiger partial charge is 0.481 e. The van der Waals surface area contributed by atoms with Crippen molar-refractivity contribution in [1.29, 1.82) is 0 Å². The van der Waals surface area contributed by atoms with Gasteiger partial charge in [0.15, 0.2) is 5.65 Å². The van der Waals surface area contributed by atoms with E-state index in [2.05, 4.69) is 38.7 Å². The standard InChI is InChI=1S/C25H31N7O/c1-30-13-15-31(16-14-30)19-9-11-20(12-10-19)32-25-23(24(26)27-18-28-25)22(29-32)8-5-17-33-21-6-3-2-4-7-21/h2-4,6-7,18-20H,9-17H2,1H3,(H2,26,27,28). The molecule has 8 nitrogen and oxygen atoms in total. The number of aromatic nitrogens is 4. The first-order valence-corrected chi connectivity index (χ1v) is 11.8. The van der Waals surface area contributed by atoms with E-state index in [9.17, 15) is 0 Å². The highest BCUT2D eigenvalue weighted by Crippen LogP contribution is 2.34. The average molecular weight is 446 g/mol. The van der Waals surface area contributed by atoms with E-state index in [4.69, 9.17) is 15.6 Å². The predicted molar refractivity (Wildman–Crippen MR) is 129 cm³/mol. The van der Waals surface area contributed by atoms with E-state index in [-0.39, 0.29) is 6.61 Å². The number of hydrogen-bond donors (Lipinski definition) is 1. The molecular formula is C25H31N7O. The quantitative estimate of drug-likeness (QED) is 0.618. The smallest absolute Gasteiger partial charge is 0.164 e. The summed E-state index contributed by atoms with van der Waals surface area (Å²) in [7, 11) is 2.21. The summed E-state index contributed by atoms with van der Waals surface area (Å²) in [5, 5.41) is 5.59. The Morgan fingerprint density at radius 2 is 1.73 bits per heavy atom. The first-order valence-electron chi connectivity index (χ1n) is 11.8. The van der Waals surface area contributed by atoms with E-state index in [1.165, 1.54) is 32.3 Å². The van der Waals surface area contributed by atoms with E-state index < -0.39 is 0 Å². The molecule has 2 N–H and O–H groups in total. The lowest BCUT2D eigenvalue weighted by Crippen LogP contribution is -2.49. The lowest BCUT2D eigenvalue weighted by atomic mass is 9.90. The molecule has 0 unspecified atom stereocenters. The SMILES string of the molecule is CN1CCN(C2CCC(n3nc(C#CCOc4ccccc4)c4c(N)ncnc43)CC2)CC1. The van der Waals surface area contributed by atoms with Gasteiger partial charge in [-0.25, -0.2) is 14.6 Å². The van der Waals surface area contributed by atoms with Crippen molar-refractivity contribution in [3.05, 3.63) is 42.4 Å². The van der Waals surface area contributed by atoms with Gasteiger partial charge in [0.1, 0.15) is 30.2 Å². The van der Waals surface area contributed by atoms with Crippen molar-refractivity contribution in [3.63, 3.8) is 0 Å². The van der Waals surface area contributed by atoms with Gasteiger partial charge in [0.25, 0.3) is 0 Å². The van der Waals surface area contributed by atoms with Crippen molar-refractivity contribution >= 4 is 16.9 Å². The number of anilines is 1. The van der Waals surface area contributed by atoms with Gasteiger partial charge in [0, 0.05) is 32.2 Å². The third kappa shape index (κ3) is 4.80. The normalized spacial score (nSPS) is 22.1. The number of fused-ring (bicyclic) bond motifs is 1.